The molecule has 0 bridgehead atoms. The standard InChI is InChI=1S/C12H14N2O5S/c1-6(15)19-4-2-3-7-5-20-11-8(13)10(16)14(11)9(7)12(17)18/h2-3,8,11H,4-5,13H2,1H3,(H,17,18)/t8-,11-/m1/s1. The Morgan fingerprint density at radius 1 is 1.60 bits per heavy atom. The summed E-state index contributed by atoms with van der Waals surface area (Å²) in [4.78, 5) is 34.8. The van der Waals surface area contributed by atoms with Crippen LogP contribution in [0.15, 0.2) is 23.4 Å². The van der Waals surface area contributed by atoms with Gasteiger partial charge in [-0.1, -0.05) is 6.08 Å². The molecular weight excluding hydrogens is 284 g/mol. The predicted molar refractivity (Wildman–Crippen MR) is 71.5 cm³/mol. The number of rotatable bonds is 4. The molecule has 0 saturated carbocycles. The number of carboxylic acids is 1. The maximum atomic E-state index is 11.7. The molecule has 2 rings (SSSR count). The van der Waals surface area contributed by atoms with Crippen LogP contribution in [0.3, 0.4) is 0 Å². The Kier molecular flexibility index (Phi) is 4.15. The Hall–Kier alpha value is -1.80. The van der Waals surface area contributed by atoms with Crippen LogP contribution < -0.4 is 5.73 Å². The molecule has 1 amide bonds. The van der Waals surface area contributed by atoms with E-state index < -0.39 is 18.0 Å². The summed E-state index contributed by atoms with van der Waals surface area (Å²) in [5.74, 6) is -1.52. The topological polar surface area (TPSA) is 110 Å². The lowest BCUT2D eigenvalue weighted by Crippen LogP contribution is -2.68. The van der Waals surface area contributed by atoms with Crippen LogP contribution in [0.2, 0.25) is 0 Å². The number of allylic oxidation sites excluding steroid dienone is 1. The minimum Gasteiger partial charge on any atom is -0.477 e. The molecule has 2 atom stereocenters. The van der Waals surface area contributed by atoms with E-state index in [0.717, 1.165) is 0 Å². The minimum absolute atomic E-state index is 0.0421. The van der Waals surface area contributed by atoms with Gasteiger partial charge in [-0.15, -0.1) is 11.8 Å². The summed E-state index contributed by atoms with van der Waals surface area (Å²) < 4.78 is 4.73. The maximum Gasteiger partial charge on any atom is 0.352 e. The highest BCUT2D eigenvalue weighted by atomic mass is 32.2. The molecule has 3 N–H and O–H groups in total. The Labute approximate surface area is 119 Å². The zero-order valence-electron chi connectivity index (χ0n) is 10.7. The first-order valence-electron chi connectivity index (χ1n) is 5.90. The number of thioether (sulfide) groups is 1. The molecule has 0 aromatic heterocycles. The highest BCUT2D eigenvalue weighted by molar-refractivity contribution is 8.00. The summed E-state index contributed by atoms with van der Waals surface area (Å²) in [6.45, 7) is 1.35. The number of nitrogens with zero attached hydrogens (tertiary/aromatic N) is 1. The molecule has 0 radical (unpaired) electrons. The molecular formula is C12H14N2O5S. The molecule has 1 fully saturated rings. The number of hydrogen-bond acceptors (Lipinski definition) is 6. The number of carbonyl (C=O) groups excluding carboxylic acids is 2. The average molecular weight is 298 g/mol. The van der Waals surface area contributed by atoms with Crippen LogP contribution in [0.4, 0.5) is 0 Å². The molecule has 20 heavy (non-hydrogen) atoms. The van der Waals surface area contributed by atoms with Gasteiger partial charge in [0, 0.05) is 12.7 Å². The SMILES string of the molecule is CC(=O)OCC=CC1=C(C(=O)O)N2C(=O)[C@@H](N)[C@H]2SC1. The second-order valence-electron chi connectivity index (χ2n) is 4.32. The summed E-state index contributed by atoms with van der Waals surface area (Å²) in [6.07, 6.45) is 3.11. The Morgan fingerprint density at radius 3 is 2.90 bits per heavy atom. The third kappa shape index (κ3) is 2.56. The van der Waals surface area contributed by atoms with Crippen molar-refractivity contribution in [2.45, 2.75) is 18.3 Å². The van der Waals surface area contributed by atoms with Gasteiger partial charge in [-0.05, 0) is 11.6 Å². The number of aliphatic carboxylic acids is 1. The van der Waals surface area contributed by atoms with Crippen LogP contribution in [0.25, 0.3) is 0 Å². The van der Waals surface area contributed by atoms with Crippen molar-refractivity contribution in [3.05, 3.63) is 23.4 Å². The second-order valence-corrected chi connectivity index (χ2v) is 5.42. The summed E-state index contributed by atoms with van der Waals surface area (Å²) in [5, 5.41) is 8.95. The molecule has 7 nitrogen and oxygen atoms in total. The molecule has 2 aliphatic heterocycles. The third-order valence-electron chi connectivity index (χ3n) is 2.94. The highest BCUT2D eigenvalue weighted by Crippen LogP contribution is 2.39. The van der Waals surface area contributed by atoms with E-state index in [4.69, 9.17) is 10.5 Å². The van der Waals surface area contributed by atoms with E-state index in [9.17, 15) is 19.5 Å². The monoisotopic (exact) mass is 298 g/mol. The lowest BCUT2D eigenvalue weighted by atomic mass is 10.0. The maximum absolute atomic E-state index is 11.7. The van der Waals surface area contributed by atoms with E-state index in [1.165, 1.54) is 23.6 Å². The lowest BCUT2D eigenvalue weighted by Gasteiger charge is -2.47. The van der Waals surface area contributed by atoms with Crippen LogP contribution in [0, 0.1) is 0 Å². The molecule has 0 aliphatic carbocycles. The van der Waals surface area contributed by atoms with Crippen molar-refractivity contribution < 1.29 is 24.2 Å². The van der Waals surface area contributed by atoms with Gasteiger partial charge in [0.25, 0.3) is 0 Å². The van der Waals surface area contributed by atoms with Crippen LogP contribution >= 0.6 is 11.8 Å². The largest absolute Gasteiger partial charge is 0.477 e. The molecule has 108 valence electrons. The Bertz CT molecular complexity index is 528. The Morgan fingerprint density at radius 2 is 2.30 bits per heavy atom. The van der Waals surface area contributed by atoms with E-state index in [0.29, 0.717) is 11.3 Å². The van der Waals surface area contributed by atoms with Crippen molar-refractivity contribution >= 4 is 29.6 Å². The van der Waals surface area contributed by atoms with Crippen molar-refractivity contribution in [3.63, 3.8) is 0 Å². The molecule has 0 spiro atoms. The first kappa shape index (κ1) is 14.6. The fourth-order valence-corrected chi connectivity index (χ4v) is 3.29. The van der Waals surface area contributed by atoms with Gasteiger partial charge in [0.2, 0.25) is 5.91 Å². The van der Waals surface area contributed by atoms with E-state index in [1.807, 2.05) is 0 Å². The molecule has 1 saturated heterocycles. The molecule has 2 heterocycles. The third-order valence-corrected chi connectivity index (χ3v) is 4.27. The van der Waals surface area contributed by atoms with Gasteiger partial charge in [-0.25, -0.2) is 4.79 Å². The van der Waals surface area contributed by atoms with Gasteiger partial charge in [-0.2, -0.15) is 0 Å². The van der Waals surface area contributed by atoms with E-state index >= 15 is 0 Å². The van der Waals surface area contributed by atoms with Crippen LogP contribution in [0.5, 0.6) is 0 Å². The number of amides is 1. The molecule has 0 aromatic rings. The molecule has 8 heteroatoms. The molecule has 2 aliphatic rings. The van der Waals surface area contributed by atoms with Crippen LogP contribution in [0.1, 0.15) is 6.92 Å². The zero-order chi connectivity index (χ0) is 14.9. The fraction of sp³-hybridized carbons (Fsp3) is 0.417. The zero-order valence-corrected chi connectivity index (χ0v) is 11.6. The molecule has 0 aromatic carbocycles. The summed E-state index contributed by atoms with van der Waals surface area (Å²) in [6, 6.07) is -0.638. The van der Waals surface area contributed by atoms with Crippen molar-refractivity contribution in [3.8, 4) is 0 Å². The van der Waals surface area contributed by atoms with Gasteiger partial charge in [-0.3, -0.25) is 14.5 Å². The van der Waals surface area contributed by atoms with Crippen molar-refractivity contribution in [2.24, 2.45) is 5.73 Å². The fourth-order valence-electron chi connectivity index (χ4n) is 2.02. The smallest absolute Gasteiger partial charge is 0.352 e. The van der Waals surface area contributed by atoms with Gasteiger partial charge in [0.1, 0.15) is 23.7 Å². The average Bonchev–Trinajstić information content (AvgIpc) is 2.41. The number of carboxylic acid groups (broad SMARTS) is 1. The molecule has 0 unspecified atom stereocenters. The van der Waals surface area contributed by atoms with E-state index in [1.54, 1.807) is 12.2 Å². The number of ether oxygens (including phenoxy) is 1. The van der Waals surface area contributed by atoms with Crippen LogP contribution in [-0.4, -0.2) is 51.6 Å². The van der Waals surface area contributed by atoms with Gasteiger partial charge < -0.3 is 15.6 Å². The summed E-state index contributed by atoms with van der Waals surface area (Å²) in [7, 11) is 0. The van der Waals surface area contributed by atoms with Gasteiger partial charge in [0.15, 0.2) is 0 Å². The van der Waals surface area contributed by atoms with E-state index in [2.05, 4.69) is 0 Å². The van der Waals surface area contributed by atoms with Crippen molar-refractivity contribution in [1.82, 2.24) is 4.90 Å². The Balaban J connectivity index is 2.18. The first-order chi connectivity index (χ1) is 9.43. The number of nitrogens with two attached hydrogens (primary N) is 1. The van der Waals surface area contributed by atoms with Crippen molar-refractivity contribution in [2.75, 3.05) is 12.4 Å². The van der Waals surface area contributed by atoms with Crippen molar-refractivity contribution in [1.29, 1.82) is 0 Å². The lowest BCUT2D eigenvalue weighted by molar-refractivity contribution is -0.147. The second kappa shape index (κ2) is 5.68. The summed E-state index contributed by atoms with van der Waals surface area (Å²) >= 11 is 1.42. The minimum atomic E-state index is -1.16. The highest BCUT2D eigenvalue weighted by Gasteiger charge is 2.51. The predicted octanol–water partition coefficient (Wildman–Crippen LogP) is -0.313. The normalized spacial score (nSPS) is 25.5. The number of hydrogen-bond donors (Lipinski definition) is 2. The van der Waals surface area contributed by atoms with Crippen LogP contribution in [-0.2, 0) is 19.1 Å². The summed E-state index contributed by atoms with van der Waals surface area (Å²) in [5.41, 5.74) is 6.10. The number of esters is 1. The number of fused-ring (bicyclic) bond motifs is 1. The van der Waals surface area contributed by atoms with Gasteiger partial charge in [0.05, 0.1) is 0 Å². The number of β-lactam (4-membered cyclic amide) rings is 1. The first-order valence-corrected chi connectivity index (χ1v) is 6.95. The van der Waals surface area contributed by atoms with E-state index in [-0.39, 0.29) is 23.6 Å². The number of carbonyl (C=O) groups is 3. The quantitative estimate of drug-likeness (QED) is 0.541. The van der Waals surface area contributed by atoms with Gasteiger partial charge >= 0.3 is 11.9 Å².